The summed E-state index contributed by atoms with van der Waals surface area (Å²) >= 11 is 1.55. The Bertz CT molecular complexity index is 302. The van der Waals surface area contributed by atoms with Crippen molar-refractivity contribution in [2.75, 3.05) is 6.54 Å². The number of nitrogens with zero attached hydrogens (tertiary/aromatic N) is 2. The van der Waals surface area contributed by atoms with E-state index in [4.69, 9.17) is 5.73 Å². The molecular weight excluding hydrogens is 194 g/mol. The van der Waals surface area contributed by atoms with Crippen molar-refractivity contribution in [2.24, 2.45) is 5.73 Å². The molecule has 0 saturated heterocycles. The molecule has 1 aromatic rings. The summed E-state index contributed by atoms with van der Waals surface area (Å²) in [5, 5.41) is 1.18. The average molecular weight is 211 g/mol. The molecule has 1 aromatic heterocycles. The molecule has 1 saturated carbocycles. The molecule has 78 valence electrons. The summed E-state index contributed by atoms with van der Waals surface area (Å²) in [6.07, 6.45) is 5.90. The zero-order valence-electron chi connectivity index (χ0n) is 8.62. The second-order valence-corrected chi connectivity index (χ2v) is 4.81. The van der Waals surface area contributed by atoms with Crippen LogP contribution in [0.25, 0.3) is 0 Å². The van der Waals surface area contributed by atoms with Crippen LogP contribution in [0, 0.1) is 0 Å². The van der Waals surface area contributed by atoms with Crippen LogP contribution in [0.5, 0.6) is 0 Å². The normalized spacial score (nSPS) is 20.1. The van der Waals surface area contributed by atoms with Crippen molar-refractivity contribution in [3.05, 3.63) is 10.8 Å². The fourth-order valence-electron chi connectivity index (χ4n) is 2.17. The summed E-state index contributed by atoms with van der Waals surface area (Å²) in [7, 11) is 0. The lowest BCUT2D eigenvalue weighted by Gasteiger charge is -2.23. The molecule has 0 bridgehead atoms. The second kappa shape index (κ2) is 3.95. The Morgan fingerprint density at radius 3 is 2.64 bits per heavy atom. The van der Waals surface area contributed by atoms with Gasteiger partial charge in [-0.15, -0.1) is 0 Å². The Kier molecular flexibility index (Phi) is 2.83. The predicted octanol–water partition coefficient (Wildman–Crippen LogP) is 1.87. The minimum Gasteiger partial charge on any atom is -0.329 e. The van der Waals surface area contributed by atoms with Gasteiger partial charge in [-0.05, 0) is 24.4 Å². The molecule has 0 spiro atoms. The van der Waals surface area contributed by atoms with Crippen LogP contribution in [0.2, 0.25) is 0 Å². The highest BCUT2D eigenvalue weighted by Gasteiger charge is 2.37. The van der Waals surface area contributed by atoms with Crippen molar-refractivity contribution in [1.82, 2.24) is 9.36 Å². The van der Waals surface area contributed by atoms with E-state index in [1.165, 1.54) is 30.7 Å². The molecule has 4 heteroatoms. The minimum absolute atomic E-state index is 0.172. The average Bonchev–Trinajstić information content (AvgIpc) is 2.87. The zero-order valence-corrected chi connectivity index (χ0v) is 9.44. The largest absolute Gasteiger partial charge is 0.329 e. The van der Waals surface area contributed by atoms with E-state index in [0.717, 1.165) is 18.8 Å². The highest BCUT2D eigenvalue weighted by molar-refractivity contribution is 7.05. The first-order valence-corrected chi connectivity index (χ1v) is 6.11. The lowest BCUT2D eigenvalue weighted by atomic mass is 9.87. The van der Waals surface area contributed by atoms with Gasteiger partial charge in [-0.3, -0.25) is 0 Å². The Labute approximate surface area is 88.9 Å². The lowest BCUT2D eigenvalue weighted by molar-refractivity contribution is 0.449. The maximum absolute atomic E-state index is 5.89. The topological polar surface area (TPSA) is 51.8 Å². The smallest absolute Gasteiger partial charge is 0.142 e. The van der Waals surface area contributed by atoms with Crippen LogP contribution >= 0.6 is 11.5 Å². The Hall–Kier alpha value is -0.480. The molecule has 1 fully saturated rings. The standard InChI is InChI=1S/C10H17N3S/c1-2-8-12-9(14-13-8)10(7-11)5-3-4-6-10/h2-7,11H2,1H3. The van der Waals surface area contributed by atoms with Crippen LogP contribution in [0.1, 0.15) is 43.4 Å². The van der Waals surface area contributed by atoms with Crippen LogP contribution in [0.15, 0.2) is 0 Å². The summed E-state index contributed by atoms with van der Waals surface area (Å²) in [6.45, 7) is 2.82. The number of hydrogen-bond donors (Lipinski definition) is 1. The molecule has 0 aromatic carbocycles. The predicted molar refractivity (Wildman–Crippen MR) is 58.5 cm³/mol. The molecule has 14 heavy (non-hydrogen) atoms. The third-order valence-electron chi connectivity index (χ3n) is 3.19. The third kappa shape index (κ3) is 1.57. The van der Waals surface area contributed by atoms with Crippen LogP contribution in [0.4, 0.5) is 0 Å². The highest BCUT2D eigenvalue weighted by Crippen LogP contribution is 2.40. The number of aryl methyl sites for hydroxylation is 1. The molecule has 2 N–H and O–H groups in total. The fourth-order valence-corrected chi connectivity index (χ4v) is 3.16. The van der Waals surface area contributed by atoms with E-state index < -0.39 is 0 Å². The molecule has 1 aliphatic carbocycles. The summed E-state index contributed by atoms with van der Waals surface area (Å²) in [6, 6.07) is 0. The van der Waals surface area contributed by atoms with Gasteiger partial charge < -0.3 is 5.73 Å². The van der Waals surface area contributed by atoms with Crippen LogP contribution in [-0.2, 0) is 11.8 Å². The van der Waals surface area contributed by atoms with E-state index in [1.54, 1.807) is 11.5 Å². The van der Waals surface area contributed by atoms with E-state index in [1.807, 2.05) is 0 Å². The van der Waals surface area contributed by atoms with Crippen molar-refractivity contribution >= 4 is 11.5 Å². The van der Waals surface area contributed by atoms with E-state index in [2.05, 4.69) is 16.3 Å². The first-order chi connectivity index (χ1) is 6.80. The molecule has 0 unspecified atom stereocenters. The highest BCUT2D eigenvalue weighted by atomic mass is 32.1. The van der Waals surface area contributed by atoms with Crippen LogP contribution in [0.3, 0.4) is 0 Å². The summed E-state index contributed by atoms with van der Waals surface area (Å²) in [5.41, 5.74) is 6.06. The van der Waals surface area contributed by atoms with E-state index >= 15 is 0 Å². The second-order valence-electron chi connectivity index (χ2n) is 4.06. The monoisotopic (exact) mass is 211 g/mol. The van der Waals surface area contributed by atoms with Gasteiger partial charge in [-0.2, -0.15) is 4.37 Å². The quantitative estimate of drug-likeness (QED) is 0.830. The zero-order chi connectivity index (χ0) is 10.0. The van der Waals surface area contributed by atoms with Gasteiger partial charge in [0.1, 0.15) is 10.8 Å². The molecule has 0 aliphatic heterocycles. The maximum Gasteiger partial charge on any atom is 0.142 e. The van der Waals surface area contributed by atoms with Gasteiger partial charge in [-0.25, -0.2) is 4.98 Å². The molecule has 0 radical (unpaired) electrons. The first kappa shape index (κ1) is 10.1. The van der Waals surface area contributed by atoms with Crippen molar-refractivity contribution in [3.63, 3.8) is 0 Å². The molecule has 3 nitrogen and oxygen atoms in total. The molecular formula is C10H17N3S. The molecule has 0 amide bonds. The lowest BCUT2D eigenvalue weighted by Crippen LogP contribution is -2.31. The van der Waals surface area contributed by atoms with Crippen LogP contribution < -0.4 is 5.73 Å². The molecule has 1 aliphatic rings. The molecule has 1 heterocycles. The van der Waals surface area contributed by atoms with Crippen LogP contribution in [-0.4, -0.2) is 15.9 Å². The fraction of sp³-hybridized carbons (Fsp3) is 0.800. The number of nitrogens with two attached hydrogens (primary N) is 1. The molecule has 2 rings (SSSR count). The van der Waals surface area contributed by atoms with E-state index in [0.29, 0.717) is 0 Å². The van der Waals surface area contributed by atoms with Gasteiger partial charge in [0.2, 0.25) is 0 Å². The Morgan fingerprint density at radius 1 is 1.43 bits per heavy atom. The van der Waals surface area contributed by atoms with Gasteiger partial charge in [0.05, 0.1) is 0 Å². The summed E-state index contributed by atoms with van der Waals surface area (Å²) in [4.78, 5) is 4.58. The van der Waals surface area contributed by atoms with E-state index in [9.17, 15) is 0 Å². The van der Waals surface area contributed by atoms with Gasteiger partial charge in [0, 0.05) is 18.4 Å². The summed E-state index contributed by atoms with van der Waals surface area (Å²) < 4.78 is 4.35. The maximum atomic E-state index is 5.89. The molecule has 0 atom stereocenters. The Balaban J connectivity index is 2.26. The third-order valence-corrected chi connectivity index (χ3v) is 4.19. The number of rotatable bonds is 3. The number of aromatic nitrogens is 2. The Morgan fingerprint density at radius 2 is 2.14 bits per heavy atom. The van der Waals surface area contributed by atoms with Gasteiger partial charge >= 0.3 is 0 Å². The van der Waals surface area contributed by atoms with Gasteiger partial charge in [0.25, 0.3) is 0 Å². The van der Waals surface area contributed by atoms with Crippen molar-refractivity contribution < 1.29 is 0 Å². The van der Waals surface area contributed by atoms with Crippen molar-refractivity contribution in [2.45, 2.75) is 44.4 Å². The van der Waals surface area contributed by atoms with Crippen molar-refractivity contribution in [1.29, 1.82) is 0 Å². The summed E-state index contributed by atoms with van der Waals surface area (Å²) in [5.74, 6) is 0.977. The van der Waals surface area contributed by atoms with E-state index in [-0.39, 0.29) is 5.41 Å². The van der Waals surface area contributed by atoms with Gasteiger partial charge in [-0.1, -0.05) is 19.8 Å². The van der Waals surface area contributed by atoms with Gasteiger partial charge in [0.15, 0.2) is 0 Å². The number of hydrogen-bond acceptors (Lipinski definition) is 4. The first-order valence-electron chi connectivity index (χ1n) is 5.34. The van der Waals surface area contributed by atoms with Crippen molar-refractivity contribution in [3.8, 4) is 0 Å². The minimum atomic E-state index is 0.172. The SMILES string of the molecule is CCc1nsc(C2(CN)CCCC2)n1.